The lowest BCUT2D eigenvalue weighted by Crippen LogP contribution is -3.61. The molecule has 0 atom stereocenters. The summed E-state index contributed by atoms with van der Waals surface area (Å²) in [6, 6.07) is 10.4. The van der Waals surface area contributed by atoms with Crippen LogP contribution in [-0.2, 0) is 9.47 Å². The van der Waals surface area contributed by atoms with Crippen LogP contribution < -0.4 is 47.7 Å². The van der Waals surface area contributed by atoms with Gasteiger partial charge in [0, 0.05) is 12.1 Å². The molecule has 0 saturated carbocycles. The van der Waals surface area contributed by atoms with Gasteiger partial charge in [-0.2, -0.15) is 0 Å². The van der Waals surface area contributed by atoms with E-state index in [0.29, 0.717) is 35.8 Å². The van der Waals surface area contributed by atoms with Crippen molar-refractivity contribution in [3.05, 3.63) is 54.7 Å². The van der Waals surface area contributed by atoms with Crippen LogP contribution in [0.3, 0.4) is 0 Å². The number of halogens is 2. The zero-order valence-electron chi connectivity index (χ0n) is 16.1. The van der Waals surface area contributed by atoms with Crippen LogP contribution in [0.15, 0.2) is 36.4 Å². The molecular formula is C20H22BrIO6. The molecular weight excluding hydrogens is 543 g/mol. The monoisotopic (exact) mass is 564 g/mol. The second kappa shape index (κ2) is 11.9. The lowest BCUT2D eigenvalue weighted by atomic mass is 10.2. The van der Waals surface area contributed by atoms with Crippen molar-refractivity contribution in [2.24, 2.45) is 0 Å². The van der Waals surface area contributed by atoms with Crippen molar-refractivity contribution in [1.82, 2.24) is 0 Å². The molecule has 0 radical (unpaired) electrons. The minimum absolute atomic E-state index is 0. The van der Waals surface area contributed by atoms with E-state index in [0.717, 1.165) is 7.14 Å². The van der Waals surface area contributed by atoms with E-state index in [4.69, 9.17) is 18.9 Å². The highest BCUT2D eigenvalue weighted by molar-refractivity contribution is 5.90. The summed E-state index contributed by atoms with van der Waals surface area (Å²) in [6.07, 6.45) is 0. The molecule has 0 saturated heterocycles. The molecule has 6 nitrogen and oxygen atoms in total. The minimum Gasteiger partial charge on any atom is -1.00 e. The maximum absolute atomic E-state index is 12.1. The zero-order valence-corrected chi connectivity index (χ0v) is 19.8. The van der Waals surface area contributed by atoms with Crippen LogP contribution in [0.5, 0.6) is 11.5 Å². The zero-order chi connectivity index (χ0) is 19.8. The summed E-state index contributed by atoms with van der Waals surface area (Å²) >= 11 is -0.797. The first kappa shape index (κ1) is 24.2. The second-order valence-corrected chi connectivity index (χ2v) is 8.10. The third-order valence-corrected chi connectivity index (χ3v) is 6.38. The van der Waals surface area contributed by atoms with Crippen molar-refractivity contribution in [3.63, 3.8) is 0 Å². The summed E-state index contributed by atoms with van der Waals surface area (Å²) in [5.74, 6) is 0.606. The molecule has 2 rings (SSSR count). The van der Waals surface area contributed by atoms with Crippen molar-refractivity contribution >= 4 is 11.9 Å². The highest BCUT2D eigenvalue weighted by Crippen LogP contribution is 2.15. The Labute approximate surface area is 185 Å². The number of esters is 2. The Hall–Kier alpha value is -1.81. The number of methoxy groups -OCH3 is 2. The first-order chi connectivity index (χ1) is 13.0. The molecule has 0 aliphatic carbocycles. The summed E-state index contributed by atoms with van der Waals surface area (Å²) in [7, 11) is 3.16. The minimum atomic E-state index is -0.797. The van der Waals surface area contributed by atoms with Crippen LogP contribution >= 0.6 is 0 Å². The van der Waals surface area contributed by atoms with Gasteiger partial charge in [-0.25, -0.2) is 9.59 Å². The third-order valence-electron chi connectivity index (χ3n) is 3.53. The Balaban J connectivity index is 0.00000392. The topological polar surface area (TPSA) is 71.1 Å². The van der Waals surface area contributed by atoms with Gasteiger partial charge in [0.1, 0.15) is 0 Å². The van der Waals surface area contributed by atoms with Crippen LogP contribution in [0.4, 0.5) is 0 Å². The van der Waals surface area contributed by atoms with Crippen molar-refractivity contribution in [2.45, 2.75) is 13.8 Å². The van der Waals surface area contributed by atoms with Gasteiger partial charge in [-0.15, -0.1) is 0 Å². The molecule has 0 unspecified atom stereocenters. The van der Waals surface area contributed by atoms with Gasteiger partial charge < -0.3 is 35.9 Å². The second-order valence-electron chi connectivity index (χ2n) is 5.23. The molecule has 0 spiro atoms. The fourth-order valence-corrected chi connectivity index (χ4v) is 5.21. The largest absolute Gasteiger partial charge is 1.00 e. The third kappa shape index (κ3) is 6.10. The smallest absolute Gasteiger partial charge is 0.366 e. The summed E-state index contributed by atoms with van der Waals surface area (Å²) < 4.78 is 22.8. The summed E-state index contributed by atoms with van der Waals surface area (Å²) in [6.45, 7) is 4.15. The number of carbonyl (C=O) groups is 2. The molecule has 2 aromatic carbocycles. The molecule has 8 heteroatoms. The highest BCUT2D eigenvalue weighted by atomic mass is 127. The molecule has 0 heterocycles. The maximum Gasteiger partial charge on any atom is 0.366 e. The Morgan fingerprint density at radius 2 is 1.18 bits per heavy atom. The number of hydrogen-bond donors (Lipinski definition) is 0. The molecule has 0 aliphatic heterocycles. The van der Waals surface area contributed by atoms with E-state index in [1.807, 2.05) is 0 Å². The van der Waals surface area contributed by atoms with Crippen molar-refractivity contribution in [1.29, 1.82) is 0 Å². The lowest BCUT2D eigenvalue weighted by Gasteiger charge is -2.06. The van der Waals surface area contributed by atoms with Crippen LogP contribution in [0.25, 0.3) is 0 Å². The lowest BCUT2D eigenvalue weighted by molar-refractivity contribution is -0.598. The number of ether oxygens (including phenoxy) is 4. The van der Waals surface area contributed by atoms with E-state index in [-0.39, 0.29) is 28.9 Å². The number of rotatable bonds is 8. The van der Waals surface area contributed by atoms with Crippen molar-refractivity contribution in [3.8, 4) is 11.5 Å². The quantitative estimate of drug-likeness (QED) is 0.255. The molecule has 0 bridgehead atoms. The van der Waals surface area contributed by atoms with Crippen molar-refractivity contribution < 1.29 is 66.7 Å². The fourth-order valence-electron chi connectivity index (χ4n) is 2.27. The first-order valence-electron chi connectivity index (χ1n) is 8.39. The maximum atomic E-state index is 12.1. The van der Waals surface area contributed by atoms with E-state index < -0.39 is 21.2 Å². The van der Waals surface area contributed by atoms with Gasteiger partial charge in [0.15, 0.2) is 11.5 Å². The Morgan fingerprint density at radius 3 is 1.50 bits per heavy atom. The van der Waals surface area contributed by atoms with Gasteiger partial charge >= 0.3 is 33.1 Å². The van der Waals surface area contributed by atoms with Crippen LogP contribution in [0.1, 0.15) is 34.6 Å². The number of hydrogen-bond acceptors (Lipinski definition) is 6. The van der Waals surface area contributed by atoms with Gasteiger partial charge in [0.05, 0.1) is 38.6 Å². The summed E-state index contributed by atoms with van der Waals surface area (Å²) in [4.78, 5) is 24.1. The first-order valence-corrected chi connectivity index (χ1v) is 10.5. The number of benzene rings is 2. The summed E-state index contributed by atoms with van der Waals surface area (Å²) in [5, 5.41) is 0. The SMILES string of the molecule is CCOC(=O)c1ccc(OC)c([I+]c2cc(C(=O)OCC)ccc2OC)c1.[Br-]. The Bertz CT molecular complexity index is 757. The van der Waals surface area contributed by atoms with Crippen LogP contribution in [0.2, 0.25) is 0 Å². The molecule has 0 aromatic heterocycles. The molecule has 0 amide bonds. The Morgan fingerprint density at radius 1 is 0.786 bits per heavy atom. The van der Waals surface area contributed by atoms with Gasteiger partial charge in [0.25, 0.3) is 0 Å². The predicted molar refractivity (Wildman–Crippen MR) is 95.3 cm³/mol. The van der Waals surface area contributed by atoms with Gasteiger partial charge in [0.2, 0.25) is 7.14 Å². The molecule has 0 aliphatic rings. The standard InChI is InChI=1S/C20H22IO6.BrH/c1-5-26-19(22)13-7-9-17(24-3)15(11-13)21-16-12-14(20(23)27-6-2)8-10-18(16)25-4;/h7-12H,5-6H2,1-4H3;1H/q+1;/p-1. The normalized spacial score (nSPS) is 9.86. The molecule has 0 N–H and O–H groups in total. The van der Waals surface area contributed by atoms with Crippen LogP contribution in [-0.4, -0.2) is 39.4 Å². The van der Waals surface area contributed by atoms with E-state index in [1.54, 1.807) is 64.5 Å². The van der Waals surface area contributed by atoms with E-state index in [9.17, 15) is 9.59 Å². The average molecular weight is 565 g/mol. The van der Waals surface area contributed by atoms with Crippen LogP contribution in [0, 0.1) is 7.14 Å². The Kier molecular flexibility index (Phi) is 10.3. The van der Waals surface area contributed by atoms with Gasteiger partial charge in [-0.3, -0.25) is 0 Å². The van der Waals surface area contributed by atoms with E-state index >= 15 is 0 Å². The van der Waals surface area contributed by atoms with Gasteiger partial charge in [-0.1, -0.05) is 0 Å². The average Bonchev–Trinajstić information content (AvgIpc) is 2.68. The van der Waals surface area contributed by atoms with Crippen molar-refractivity contribution in [2.75, 3.05) is 27.4 Å². The number of carbonyl (C=O) groups excluding carboxylic acids is 2. The highest BCUT2D eigenvalue weighted by Gasteiger charge is 2.28. The molecule has 152 valence electrons. The molecule has 0 fully saturated rings. The predicted octanol–water partition coefficient (Wildman–Crippen LogP) is -2.81. The fraction of sp³-hybridized carbons (Fsp3) is 0.300. The summed E-state index contributed by atoms with van der Waals surface area (Å²) in [5.41, 5.74) is 0.931. The molecule has 2 aromatic rings. The van der Waals surface area contributed by atoms with E-state index in [2.05, 4.69) is 0 Å². The van der Waals surface area contributed by atoms with Gasteiger partial charge in [-0.05, 0) is 38.1 Å². The molecule has 28 heavy (non-hydrogen) atoms. The van der Waals surface area contributed by atoms with E-state index in [1.165, 1.54) is 0 Å².